The number of carbonyl (C=O) groups excluding carboxylic acids is 1. The fraction of sp³-hybridized carbons (Fsp3) is 0.308. The Morgan fingerprint density at radius 1 is 1.44 bits per heavy atom. The van der Waals surface area contributed by atoms with Gasteiger partial charge in [-0.25, -0.2) is 0 Å². The lowest BCUT2D eigenvalue weighted by Gasteiger charge is -2.07. The SMILES string of the molecule is C#CCSCCNCC(=O)Nc1ccccc1Br. The number of rotatable bonds is 7. The second kappa shape index (κ2) is 9.03. The fourth-order valence-corrected chi connectivity index (χ4v) is 2.17. The zero-order valence-corrected chi connectivity index (χ0v) is 12.3. The van der Waals surface area contributed by atoms with Crippen molar-refractivity contribution >= 4 is 39.3 Å². The Morgan fingerprint density at radius 2 is 2.22 bits per heavy atom. The lowest BCUT2D eigenvalue weighted by molar-refractivity contribution is -0.115. The van der Waals surface area contributed by atoms with Crippen molar-refractivity contribution in [2.45, 2.75) is 0 Å². The highest BCUT2D eigenvalue weighted by molar-refractivity contribution is 9.10. The van der Waals surface area contributed by atoms with E-state index in [0.717, 1.165) is 22.5 Å². The Bertz CT molecular complexity index is 431. The Labute approximate surface area is 120 Å². The van der Waals surface area contributed by atoms with Crippen LogP contribution in [0.3, 0.4) is 0 Å². The Balaban J connectivity index is 2.19. The van der Waals surface area contributed by atoms with Crippen LogP contribution in [0.15, 0.2) is 28.7 Å². The zero-order valence-electron chi connectivity index (χ0n) is 9.91. The minimum Gasteiger partial charge on any atom is -0.324 e. The third-order valence-electron chi connectivity index (χ3n) is 2.04. The van der Waals surface area contributed by atoms with Crippen LogP contribution in [-0.4, -0.2) is 30.5 Å². The van der Waals surface area contributed by atoms with Crippen molar-refractivity contribution in [3.05, 3.63) is 28.7 Å². The van der Waals surface area contributed by atoms with Crippen molar-refractivity contribution in [3.8, 4) is 12.3 Å². The number of amides is 1. The number of benzene rings is 1. The highest BCUT2D eigenvalue weighted by Crippen LogP contribution is 2.20. The largest absolute Gasteiger partial charge is 0.324 e. The van der Waals surface area contributed by atoms with Crippen molar-refractivity contribution in [1.82, 2.24) is 5.32 Å². The van der Waals surface area contributed by atoms with Crippen LogP contribution in [-0.2, 0) is 4.79 Å². The number of hydrogen-bond donors (Lipinski definition) is 2. The van der Waals surface area contributed by atoms with Crippen LogP contribution in [0.25, 0.3) is 0 Å². The average Bonchev–Trinajstić information content (AvgIpc) is 2.36. The Hall–Kier alpha value is -0.960. The van der Waals surface area contributed by atoms with Gasteiger partial charge in [0.2, 0.25) is 5.91 Å². The zero-order chi connectivity index (χ0) is 13.2. The van der Waals surface area contributed by atoms with Gasteiger partial charge >= 0.3 is 0 Å². The van der Waals surface area contributed by atoms with Gasteiger partial charge in [0.1, 0.15) is 0 Å². The number of thioether (sulfide) groups is 1. The van der Waals surface area contributed by atoms with E-state index in [4.69, 9.17) is 6.42 Å². The molecule has 0 aliphatic heterocycles. The molecule has 0 aliphatic carbocycles. The summed E-state index contributed by atoms with van der Waals surface area (Å²) in [6, 6.07) is 7.52. The maximum atomic E-state index is 11.6. The molecular weight excluding hydrogens is 312 g/mol. The van der Waals surface area contributed by atoms with E-state index in [1.807, 2.05) is 24.3 Å². The number of para-hydroxylation sites is 1. The van der Waals surface area contributed by atoms with Gasteiger partial charge in [0, 0.05) is 16.8 Å². The van der Waals surface area contributed by atoms with Crippen molar-refractivity contribution in [2.24, 2.45) is 0 Å². The number of anilines is 1. The molecule has 96 valence electrons. The molecule has 0 unspecified atom stereocenters. The first-order valence-electron chi connectivity index (χ1n) is 5.50. The summed E-state index contributed by atoms with van der Waals surface area (Å²) in [4.78, 5) is 11.6. The lowest BCUT2D eigenvalue weighted by atomic mass is 10.3. The third kappa shape index (κ3) is 6.10. The molecule has 0 saturated carbocycles. The minimum atomic E-state index is -0.0520. The van der Waals surface area contributed by atoms with Gasteiger partial charge in [-0.05, 0) is 28.1 Å². The van der Waals surface area contributed by atoms with Crippen molar-refractivity contribution < 1.29 is 4.79 Å². The summed E-state index contributed by atoms with van der Waals surface area (Å²) >= 11 is 5.05. The summed E-state index contributed by atoms with van der Waals surface area (Å²) in [7, 11) is 0. The number of terminal acetylenes is 1. The number of hydrogen-bond acceptors (Lipinski definition) is 3. The van der Waals surface area contributed by atoms with Crippen LogP contribution < -0.4 is 10.6 Å². The van der Waals surface area contributed by atoms with E-state index in [9.17, 15) is 4.79 Å². The predicted molar refractivity (Wildman–Crippen MR) is 81.8 cm³/mol. The molecule has 1 aromatic rings. The molecule has 0 heterocycles. The van der Waals surface area contributed by atoms with Crippen LogP contribution in [0.2, 0.25) is 0 Å². The molecular formula is C13H15BrN2OS. The summed E-state index contributed by atoms with van der Waals surface area (Å²) in [5.41, 5.74) is 0.783. The first-order chi connectivity index (χ1) is 8.74. The van der Waals surface area contributed by atoms with Gasteiger partial charge in [0.25, 0.3) is 0 Å². The second-order valence-corrected chi connectivity index (χ2v) is 5.42. The summed E-state index contributed by atoms with van der Waals surface area (Å²) in [6.07, 6.45) is 5.13. The molecule has 0 aromatic heterocycles. The quantitative estimate of drug-likeness (QED) is 0.597. The van der Waals surface area contributed by atoms with Crippen LogP contribution in [0.4, 0.5) is 5.69 Å². The molecule has 0 fully saturated rings. The second-order valence-electron chi connectivity index (χ2n) is 3.46. The smallest absolute Gasteiger partial charge is 0.238 e. The average molecular weight is 327 g/mol. The fourth-order valence-electron chi connectivity index (χ4n) is 1.23. The molecule has 0 bridgehead atoms. The minimum absolute atomic E-state index is 0.0520. The van der Waals surface area contributed by atoms with E-state index in [2.05, 4.69) is 32.5 Å². The number of nitrogens with one attached hydrogen (secondary N) is 2. The molecule has 0 radical (unpaired) electrons. The molecule has 1 aromatic carbocycles. The predicted octanol–water partition coefficient (Wildman–Crippen LogP) is 2.34. The van der Waals surface area contributed by atoms with Gasteiger partial charge in [-0.3, -0.25) is 4.79 Å². The van der Waals surface area contributed by atoms with Crippen LogP contribution in [0, 0.1) is 12.3 Å². The molecule has 0 atom stereocenters. The normalized spacial score (nSPS) is 9.78. The molecule has 3 nitrogen and oxygen atoms in total. The van der Waals surface area contributed by atoms with Crippen molar-refractivity contribution in [1.29, 1.82) is 0 Å². The standard InChI is InChI=1S/C13H15BrN2OS/c1-2-8-18-9-7-15-10-13(17)16-12-6-4-3-5-11(12)14/h1,3-6,15H,7-10H2,(H,16,17). The highest BCUT2D eigenvalue weighted by atomic mass is 79.9. The maximum Gasteiger partial charge on any atom is 0.238 e. The van der Waals surface area contributed by atoms with Gasteiger partial charge in [0.15, 0.2) is 0 Å². The van der Waals surface area contributed by atoms with Gasteiger partial charge < -0.3 is 10.6 Å². The van der Waals surface area contributed by atoms with Crippen molar-refractivity contribution in [3.63, 3.8) is 0 Å². The monoisotopic (exact) mass is 326 g/mol. The van der Waals surface area contributed by atoms with Gasteiger partial charge in [-0.2, -0.15) is 0 Å². The maximum absolute atomic E-state index is 11.6. The summed E-state index contributed by atoms with van der Waals surface area (Å²) in [5, 5.41) is 5.89. The summed E-state index contributed by atoms with van der Waals surface area (Å²) in [6.45, 7) is 1.08. The first-order valence-corrected chi connectivity index (χ1v) is 7.45. The van der Waals surface area contributed by atoms with E-state index in [0.29, 0.717) is 12.3 Å². The molecule has 0 saturated heterocycles. The number of carbonyl (C=O) groups is 1. The first kappa shape index (κ1) is 15.1. The molecule has 18 heavy (non-hydrogen) atoms. The van der Waals surface area contributed by atoms with E-state index in [1.54, 1.807) is 11.8 Å². The summed E-state index contributed by atoms with van der Waals surface area (Å²) in [5.74, 6) is 4.13. The Morgan fingerprint density at radius 3 is 2.94 bits per heavy atom. The van der Waals surface area contributed by atoms with E-state index in [-0.39, 0.29) is 5.91 Å². The molecule has 2 N–H and O–H groups in total. The topological polar surface area (TPSA) is 41.1 Å². The summed E-state index contributed by atoms with van der Waals surface area (Å²) < 4.78 is 0.878. The van der Waals surface area contributed by atoms with Gasteiger partial charge in [-0.15, -0.1) is 18.2 Å². The van der Waals surface area contributed by atoms with Crippen molar-refractivity contribution in [2.75, 3.05) is 29.9 Å². The molecule has 5 heteroatoms. The Kier molecular flexibility index (Phi) is 7.58. The van der Waals surface area contributed by atoms with Gasteiger partial charge in [0.05, 0.1) is 18.0 Å². The molecule has 0 spiro atoms. The molecule has 1 rings (SSSR count). The number of halogens is 1. The van der Waals surface area contributed by atoms with E-state index >= 15 is 0 Å². The lowest BCUT2D eigenvalue weighted by Crippen LogP contribution is -2.29. The van der Waals surface area contributed by atoms with Crippen LogP contribution >= 0.6 is 27.7 Å². The molecule has 1 amide bonds. The third-order valence-corrected chi connectivity index (χ3v) is 3.60. The van der Waals surface area contributed by atoms with Crippen LogP contribution in [0.1, 0.15) is 0 Å². The van der Waals surface area contributed by atoms with E-state index in [1.165, 1.54) is 0 Å². The van der Waals surface area contributed by atoms with Crippen LogP contribution in [0.5, 0.6) is 0 Å². The van der Waals surface area contributed by atoms with E-state index < -0.39 is 0 Å². The highest BCUT2D eigenvalue weighted by Gasteiger charge is 2.03. The molecule has 0 aliphatic rings. The van der Waals surface area contributed by atoms with Gasteiger partial charge in [-0.1, -0.05) is 18.1 Å².